The minimum atomic E-state index is -1.71. The standard InChI is InChI=1S/C47H62N8O12/c1-26(2)22-33(48)41(60)52-36(24-30-13-17-32(58)18-14-30)46(65)55-21-7-10-38(55)44(63)50-34(19-20-39(49)59)42(61)51-35(23-29-11-15-31(57)16-12-29)43(62)54-40(27(3)56)45(64)53-37(47(66)67)25-28-8-5-4-6-9-28/h4-6,8-9,11-18,26-27,33-38,40,56-58H,7,10,19-25,48H2,1-3H3,(H2,49,59)(H,50,63)(H,51,61)(H,52,60)(H,53,64)(H,54,62)(H,66,67)/t27-,33+,34+,35+,36+,37+,38+,40+/m1/s1. The minimum Gasteiger partial charge on any atom is -0.508 e. The molecule has 0 radical (unpaired) electrons. The zero-order valence-corrected chi connectivity index (χ0v) is 37.7. The van der Waals surface area contributed by atoms with Gasteiger partial charge >= 0.3 is 5.97 Å². The Balaban J connectivity index is 1.57. The van der Waals surface area contributed by atoms with Crippen molar-refractivity contribution in [1.82, 2.24) is 31.5 Å². The predicted octanol–water partition coefficient (Wildman–Crippen LogP) is -0.355. The second-order valence-corrected chi connectivity index (χ2v) is 17.2. The lowest BCUT2D eigenvalue weighted by Gasteiger charge is -2.31. The number of benzene rings is 3. The van der Waals surface area contributed by atoms with Crippen molar-refractivity contribution >= 4 is 47.3 Å². The molecule has 4 rings (SSSR count). The van der Waals surface area contributed by atoms with Gasteiger partial charge in [-0.2, -0.15) is 0 Å². The summed E-state index contributed by atoms with van der Waals surface area (Å²) in [6.07, 6.45) is -1.80. The third kappa shape index (κ3) is 16.4. The van der Waals surface area contributed by atoms with Crippen LogP contribution in [0.15, 0.2) is 78.9 Å². The number of aliphatic hydroxyl groups excluding tert-OH is 1. The third-order valence-corrected chi connectivity index (χ3v) is 11.2. The lowest BCUT2D eigenvalue weighted by molar-refractivity contribution is -0.143. The summed E-state index contributed by atoms with van der Waals surface area (Å²) in [6.45, 7) is 5.09. The second-order valence-electron chi connectivity index (χ2n) is 17.2. The number of carbonyl (C=O) groups excluding carboxylic acids is 7. The normalized spacial score (nSPS) is 16.6. The molecule has 1 saturated heterocycles. The number of rotatable bonds is 24. The highest BCUT2D eigenvalue weighted by Gasteiger charge is 2.40. The predicted molar refractivity (Wildman–Crippen MR) is 243 cm³/mol. The van der Waals surface area contributed by atoms with E-state index in [4.69, 9.17) is 11.5 Å². The first-order chi connectivity index (χ1) is 31.7. The zero-order chi connectivity index (χ0) is 49.4. The van der Waals surface area contributed by atoms with Gasteiger partial charge < -0.3 is 63.4 Å². The van der Waals surface area contributed by atoms with E-state index in [0.717, 1.165) is 0 Å². The zero-order valence-electron chi connectivity index (χ0n) is 37.7. The van der Waals surface area contributed by atoms with Crippen LogP contribution in [0.4, 0.5) is 0 Å². The van der Waals surface area contributed by atoms with Gasteiger partial charge in [0, 0.05) is 32.2 Å². The number of nitrogens with two attached hydrogens (primary N) is 2. The molecule has 0 bridgehead atoms. The number of aliphatic carboxylic acids is 1. The first kappa shape index (κ1) is 52.6. The SMILES string of the molecule is CC(C)C[C@H](N)C(=O)N[C@@H](Cc1ccc(O)cc1)C(=O)N1CCC[C@H]1C(=O)N[C@@H](CCC(N)=O)C(=O)N[C@@H](Cc1ccc(O)cc1)C(=O)N[C@H](C(=O)N[C@@H](Cc1ccccc1)C(=O)O)[C@@H](C)O. The van der Waals surface area contributed by atoms with E-state index in [9.17, 15) is 58.8 Å². The number of carbonyl (C=O) groups is 8. The third-order valence-electron chi connectivity index (χ3n) is 11.2. The van der Waals surface area contributed by atoms with Crippen molar-refractivity contribution < 1.29 is 58.8 Å². The summed E-state index contributed by atoms with van der Waals surface area (Å²) in [4.78, 5) is 109. The molecule has 7 amide bonds. The average molecular weight is 931 g/mol. The molecule has 3 aromatic rings. The van der Waals surface area contributed by atoms with Crippen LogP contribution in [0.25, 0.3) is 0 Å². The Morgan fingerprint density at radius 3 is 1.70 bits per heavy atom. The summed E-state index contributed by atoms with van der Waals surface area (Å²) in [7, 11) is 0. The molecule has 1 aliphatic heterocycles. The van der Waals surface area contributed by atoms with Gasteiger partial charge in [-0.25, -0.2) is 4.79 Å². The first-order valence-electron chi connectivity index (χ1n) is 22.1. The topological polar surface area (TPSA) is 333 Å². The van der Waals surface area contributed by atoms with Crippen LogP contribution >= 0.6 is 0 Å². The Labute approximate surface area is 388 Å². The van der Waals surface area contributed by atoms with Crippen molar-refractivity contribution in [1.29, 1.82) is 0 Å². The van der Waals surface area contributed by atoms with Gasteiger partial charge in [0.25, 0.3) is 0 Å². The van der Waals surface area contributed by atoms with Crippen LogP contribution in [-0.2, 0) is 57.6 Å². The Hall–Kier alpha value is -7.06. The van der Waals surface area contributed by atoms with E-state index < -0.39 is 102 Å². The van der Waals surface area contributed by atoms with E-state index >= 15 is 0 Å². The van der Waals surface area contributed by atoms with E-state index in [1.54, 1.807) is 42.5 Å². The average Bonchev–Trinajstić information content (AvgIpc) is 3.77. The molecule has 0 saturated carbocycles. The second kappa shape index (κ2) is 25.0. The van der Waals surface area contributed by atoms with Gasteiger partial charge in [0.05, 0.1) is 12.1 Å². The van der Waals surface area contributed by atoms with Gasteiger partial charge in [-0.05, 0) is 79.5 Å². The van der Waals surface area contributed by atoms with E-state index in [1.807, 2.05) is 13.8 Å². The molecule has 20 heteroatoms. The molecule has 67 heavy (non-hydrogen) atoms. The van der Waals surface area contributed by atoms with Crippen molar-refractivity contribution in [2.24, 2.45) is 17.4 Å². The highest BCUT2D eigenvalue weighted by molar-refractivity contribution is 5.97. The lowest BCUT2D eigenvalue weighted by atomic mass is 10.0. The van der Waals surface area contributed by atoms with E-state index in [-0.39, 0.29) is 56.1 Å². The highest BCUT2D eigenvalue weighted by Crippen LogP contribution is 2.22. The van der Waals surface area contributed by atoms with Crippen LogP contribution in [0.1, 0.15) is 69.6 Å². The van der Waals surface area contributed by atoms with Crippen LogP contribution in [0.3, 0.4) is 0 Å². The van der Waals surface area contributed by atoms with E-state index in [2.05, 4.69) is 26.6 Å². The lowest BCUT2D eigenvalue weighted by Crippen LogP contribution is -2.61. The molecule has 1 aliphatic rings. The monoisotopic (exact) mass is 930 g/mol. The van der Waals surface area contributed by atoms with Gasteiger partial charge in [0.1, 0.15) is 47.8 Å². The molecule has 20 nitrogen and oxygen atoms in total. The maximum Gasteiger partial charge on any atom is 0.326 e. The number of hydrogen-bond acceptors (Lipinski definition) is 12. The fraction of sp³-hybridized carbons (Fsp3) is 0.447. The fourth-order valence-electron chi connectivity index (χ4n) is 7.61. The van der Waals surface area contributed by atoms with Gasteiger partial charge in [0.15, 0.2) is 0 Å². The Kier molecular flexibility index (Phi) is 19.6. The molecule has 362 valence electrons. The molecule has 13 N–H and O–H groups in total. The number of carboxylic acid groups (broad SMARTS) is 1. The van der Waals surface area contributed by atoms with Crippen molar-refractivity contribution in [3.63, 3.8) is 0 Å². The first-order valence-corrected chi connectivity index (χ1v) is 22.1. The molecule has 1 heterocycles. The van der Waals surface area contributed by atoms with E-state index in [0.29, 0.717) is 29.5 Å². The number of nitrogens with zero attached hydrogens (tertiary/aromatic N) is 1. The molecule has 0 aromatic heterocycles. The van der Waals surface area contributed by atoms with Crippen molar-refractivity contribution in [2.45, 2.75) is 121 Å². The summed E-state index contributed by atoms with van der Waals surface area (Å²) < 4.78 is 0. The minimum absolute atomic E-state index is 0.00897. The number of likely N-dealkylation sites (tertiary alicyclic amines) is 1. The molecule has 0 aliphatic carbocycles. The van der Waals surface area contributed by atoms with Gasteiger partial charge in [-0.1, -0.05) is 68.4 Å². The largest absolute Gasteiger partial charge is 0.508 e. The maximum absolute atomic E-state index is 14.3. The number of aliphatic hydroxyl groups is 1. The highest BCUT2D eigenvalue weighted by atomic mass is 16.4. The van der Waals surface area contributed by atoms with Gasteiger partial charge in [-0.3, -0.25) is 33.6 Å². The van der Waals surface area contributed by atoms with Crippen LogP contribution in [0, 0.1) is 5.92 Å². The maximum atomic E-state index is 14.3. The summed E-state index contributed by atoms with van der Waals surface area (Å²) in [5.41, 5.74) is 13.2. The number of aromatic hydroxyl groups is 2. The van der Waals surface area contributed by atoms with Crippen LogP contribution in [0.5, 0.6) is 11.5 Å². The molecule has 0 spiro atoms. The molecular weight excluding hydrogens is 869 g/mol. The molecule has 0 unspecified atom stereocenters. The van der Waals surface area contributed by atoms with Gasteiger partial charge in [-0.15, -0.1) is 0 Å². The summed E-state index contributed by atoms with van der Waals surface area (Å²) in [5, 5.41) is 52.9. The quantitative estimate of drug-likeness (QED) is 0.0548. The van der Waals surface area contributed by atoms with Crippen molar-refractivity contribution in [3.8, 4) is 11.5 Å². The van der Waals surface area contributed by atoms with E-state index in [1.165, 1.54) is 48.2 Å². The fourth-order valence-corrected chi connectivity index (χ4v) is 7.61. The summed E-state index contributed by atoms with van der Waals surface area (Å²) in [6, 6.07) is 10.6. The number of nitrogens with one attached hydrogen (secondary N) is 5. The Morgan fingerprint density at radius 1 is 0.657 bits per heavy atom. The smallest absolute Gasteiger partial charge is 0.326 e. The number of hydrogen-bond donors (Lipinski definition) is 11. The number of phenols is 2. The number of primary amides is 1. The molecular formula is C47H62N8O12. The summed E-state index contributed by atoms with van der Waals surface area (Å²) >= 11 is 0. The summed E-state index contributed by atoms with van der Waals surface area (Å²) in [5.74, 6) is -7.18. The Bertz CT molecular complexity index is 2190. The molecule has 1 fully saturated rings. The van der Waals surface area contributed by atoms with Gasteiger partial charge in [0.2, 0.25) is 41.4 Å². The Morgan fingerprint density at radius 2 is 1.16 bits per heavy atom. The number of carboxylic acids is 1. The van der Waals surface area contributed by atoms with Crippen LogP contribution in [0.2, 0.25) is 0 Å². The number of amides is 7. The number of phenolic OH excluding ortho intramolecular Hbond substituents is 2. The van der Waals surface area contributed by atoms with Crippen molar-refractivity contribution in [3.05, 3.63) is 95.6 Å². The van der Waals surface area contributed by atoms with Crippen LogP contribution < -0.4 is 38.1 Å². The van der Waals surface area contributed by atoms with Crippen molar-refractivity contribution in [2.75, 3.05) is 6.54 Å². The molecule has 8 atom stereocenters. The molecule has 3 aromatic carbocycles. The van der Waals surface area contributed by atoms with Crippen LogP contribution in [-0.4, -0.2) is 128 Å².